The molecular formula is C19H20ClN3O3. The minimum absolute atomic E-state index is 0.0771. The first kappa shape index (κ1) is 19.7. The summed E-state index contributed by atoms with van der Waals surface area (Å²) >= 11 is 6.42. The van der Waals surface area contributed by atoms with Gasteiger partial charge in [-0.15, -0.1) is 0 Å². The van der Waals surface area contributed by atoms with Crippen LogP contribution in [0.5, 0.6) is 0 Å². The lowest BCUT2D eigenvalue weighted by Gasteiger charge is -2.04. The van der Waals surface area contributed by atoms with Crippen molar-refractivity contribution in [1.82, 2.24) is 9.78 Å². The Morgan fingerprint density at radius 3 is 2.62 bits per heavy atom. The Labute approximate surface area is 157 Å². The van der Waals surface area contributed by atoms with E-state index in [9.17, 15) is 10.1 Å². The first-order valence-corrected chi connectivity index (χ1v) is 8.40. The number of ether oxygens (including phenoxy) is 2. The highest BCUT2D eigenvalue weighted by Gasteiger charge is 2.16. The first-order chi connectivity index (χ1) is 12.5. The molecule has 0 fully saturated rings. The van der Waals surface area contributed by atoms with E-state index >= 15 is 0 Å². The molecule has 0 spiro atoms. The molecule has 0 aliphatic heterocycles. The Morgan fingerprint density at radius 1 is 1.31 bits per heavy atom. The number of carbonyl (C=O) groups excluding carboxylic acids is 1. The predicted octanol–water partition coefficient (Wildman–Crippen LogP) is 3.30. The molecule has 0 N–H and O–H groups in total. The van der Waals surface area contributed by atoms with Crippen molar-refractivity contribution >= 4 is 23.6 Å². The van der Waals surface area contributed by atoms with Gasteiger partial charge in [-0.1, -0.05) is 41.4 Å². The molecule has 2 aromatic rings. The second kappa shape index (κ2) is 9.18. The first-order valence-electron chi connectivity index (χ1n) is 8.02. The number of aryl methyl sites for hydroxylation is 2. The van der Waals surface area contributed by atoms with Crippen LogP contribution >= 0.6 is 11.6 Å². The van der Waals surface area contributed by atoms with E-state index in [1.807, 2.05) is 37.3 Å². The van der Waals surface area contributed by atoms with Crippen molar-refractivity contribution in [3.05, 3.63) is 57.4 Å². The Morgan fingerprint density at radius 2 is 2.00 bits per heavy atom. The van der Waals surface area contributed by atoms with Crippen molar-refractivity contribution < 1.29 is 14.3 Å². The zero-order chi connectivity index (χ0) is 19.1. The summed E-state index contributed by atoms with van der Waals surface area (Å²) in [6.45, 7) is 4.63. The van der Waals surface area contributed by atoms with Crippen LogP contribution in [-0.2, 0) is 20.8 Å². The molecule has 0 aliphatic rings. The van der Waals surface area contributed by atoms with E-state index in [-0.39, 0.29) is 18.8 Å². The Hall–Kier alpha value is -2.62. The molecule has 0 atom stereocenters. The van der Waals surface area contributed by atoms with Crippen LogP contribution in [0, 0.1) is 25.2 Å². The van der Waals surface area contributed by atoms with Gasteiger partial charge in [-0.2, -0.15) is 10.4 Å². The summed E-state index contributed by atoms with van der Waals surface area (Å²) in [6, 6.07) is 9.90. The standard InChI is InChI=1S/C19H20ClN3O3/c1-13-4-6-15(7-5-13)12-23-18(20)17(14(2)22-23)10-16(11-21)19(24)26-9-8-25-3/h4-7,10H,8-9,12H2,1-3H3/b16-10+. The maximum absolute atomic E-state index is 12.0. The number of esters is 1. The lowest BCUT2D eigenvalue weighted by Crippen LogP contribution is -2.11. The molecule has 0 radical (unpaired) electrons. The van der Waals surface area contributed by atoms with Crippen LogP contribution in [0.3, 0.4) is 0 Å². The number of methoxy groups -OCH3 is 1. The molecule has 2 rings (SSSR count). The van der Waals surface area contributed by atoms with Crippen LogP contribution in [0.1, 0.15) is 22.4 Å². The van der Waals surface area contributed by atoms with Gasteiger partial charge >= 0.3 is 5.97 Å². The summed E-state index contributed by atoms with van der Waals surface area (Å²) in [7, 11) is 1.50. The number of benzene rings is 1. The molecule has 0 unspecified atom stereocenters. The highest BCUT2D eigenvalue weighted by molar-refractivity contribution is 6.31. The van der Waals surface area contributed by atoms with Gasteiger partial charge in [0.25, 0.3) is 0 Å². The largest absolute Gasteiger partial charge is 0.459 e. The monoisotopic (exact) mass is 373 g/mol. The van der Waals surface area contributed by atoms with Gasteiger partial charge in [0.15, 0.2) is 0 Å². The predicted molar refractivity (Wildman–Crippen MR) is 98.7 cm³/mol. The van der Waals surface area contributed by atoms with E-state index in [1.165, 1.54) is 18.7 Å². The summed E-state index contributed by atoms with van der Waals surface area (Å²) in [5.74, 6) is -0.716. The molecule has 6 nitrogen and oxygen atoms in total. The molecule has 0 saturated heterocycles. The zero-order valence-corrected chi connectivity index (χ0v) is 15.7. The molecule has 0 bridgehead atoms. The normalized spacial score (nSPS) is 11.3. The molecular weight excluding hydrogens is 354 g/mol. The van der Waals surface area contributed by atoms with Gasteiger partial charge in [0, 0.05) is 12.7 Å². The van der Waals surface area contributed by atoms with Gasteiger partial charge in [0.2, 0.25) is 0 Å². The van der Waals surface area contributed by atoms with Crippen LogP contribution in [0.15, 0.2) is 29.8 Å². The van der Waals surface area contributed by atoms with Crippen molar-refractivity contribution in [1.29, 1.82) is 5.26 Å². The molecule has 0 amide bonds. The van der Waals surface area contributed by atoms with Crippen LogP contribution in [0.2, 0.25) is 5.15 Å². The molecule has 0 aliphatic carbocycles. The fourth-order valence-electron chi connectivity index (χ4n) is 2.28. The number of aromatic nitrogens is 2. The van der Waals surface area contributed by atoms with Crippen LogP contribution in [-0.4, -0.2) is 36.1 Å². The van der Waals surface area contributed by atoms with E-state index in [0.29, 0.717) is 23.0 Å². The van der Waals surface area contributed by atoms with Crippen molar-refractivity contribution in [2.75, 3.05) is 20.3 Å². The summed E-state index contributed by atoms with van der Waals surface area (Å²) in [4.78, 5) is 12.0. The fraction of sp³-hybridized carbons (Fsp3) is 0.316. The summed E-state index contributed by atoms with van der Waals surface area (Å²) < 4.78 is 11.4. The Bertz CT molecular complexity index is 848. The second-order valence-electron chi connectivity index (χ2n) is 5.73. The van der Waals surface area contributed by atoms with E-state index in [0.717, 1.165) is 5.56 Å². The molecule has 26 heavy (non-hydrogen) atoms. The molecule has 1 aromatic carbocycles. The number of rotatable bonds is 7. The average molecular weight is 374 g/mol. The highest BCUT2D eigenvalue weighted by atomic mass is 35.5. The lowest BCUT2D eigenvalue weighted by atomic mass is 10.1. The fourth-order valence-corrected chi connectivity index (χ4v) is 2.57. The van der Waals surface area contributed by atoms with Crippen LogP contribution < -0.4 is 0 Å². The van der Waals surface area contributed by atoms with Crippen LogP contribution in [0.4, 0.5) is 0 Å². The van der Waals surface area contributed by atoms with E-state index in [1.54, 1.807) is 11.6 Å². The van der Waals surface area contributed by atoms with Gasteiger partial charge in [-0.3, -0.25) is 0 Å². The number of hydrogen-bond acceptors (Lipinski definition) is 5. The summed E-state index contributed by atoms with van der Waals surface area (Å²) in [5, 5.41) is 14.0. The van der Waals surface area contributed by atoms with Crippen molar-refractivity contribution in [3.8, 4) is 6.07 Å². The number of hydrogen-bond donors (Lipinski definition) is 0. The lowest BCUT2D eigenvalue weighted by molar-refractivity contribution is -0.139. The third-order valence-electron chi connectivity index (χ3n) is 3.71. The second-order valence-corrected chi connectivity index (χ2v) is 6.09. The number of nitrogens with zero attached hydrogens (tertiary/aromatic N) is 3. The Balaban J connectivity index is 2.23. The van der Waals surface area contributed by atoms with Gasteiger partial charge in [-0.25, -0.2) is 9.48 Å². The zero-order valence-electron chi connectivity index (χ0n) is 15.0. The highest BCUT2D eigenvalue weighted by Crippen LogP contribution is 2.24. The van der Waals surface area contributed by atoms with Gasteiger partial charge in [-0.05, 0) is 25.5 Å². The molecule has 7 heteroatoms. The van der Waals surface area contributed by atoms with Crippen LogP contribution in [0.25, 0.3) is 6.08 Å². The average Bonchev–Trinajstić information content (AvgIpc) is 2.88. The minimum Gasteiger partial charge on any atom is -0.459 e. The summed E-state index contributed by atoms with van der Waals surface area (Å²) in [6.07, 6.45) is 1.41. The van der Waals surface area contributed by atoms with E-state index in [2.05, 4.69) is 5.10 Å². The molecule has 0 saturated carbocycles. The number of nitriles is 1. The van der Waals surface area contributed by atoms with Gasteiger partial charge in [0.05, 0.1) is 18.8 Å². The smallest absolute Gasteiger partial charge is 0.348 e. The quantitative estimate of drug-likeness (QED) is 0.322. The van der Waals surface area contributed by atoms with E-state index in [4.69, 9.17) is 21.1 Å². The number of halogens is 1. The topological polar surface area (TPSA) is 77.1 Å². The molecule has 136 valence electrons. The Kier molecular flexibility index (Phi) is 6.96. The van der Waals surface area contributed by atoms with Crippen molar-refractivity contribution in [2.24, 2.45) is 0 Å². The molecule has 1 heterocycles. The maximum atomic E-state index is 12.0. The summed E-state index contributed by atoms with van der Waals surface area (Å²) in [5.41, 5.74) is 3.24. The van der Waals surface area contributed by atoms with Crippen molar-refractivity contribution in [2.45, 2.75) is 20.4 Å². The van der Waals surface area contributed by atoms with Gasteiger partial charge in [0.1, 0.15) is 23.4 Å². The third kappa shape index (κ3) is 4.94. The van der Waals surface area contributed by atoms with Gasteiger partial charge < -0.3 is 9.47 Å². The number of carbonyl (C=O) groups is 1. The SMILES string of the molecule is COCCOC(=O)/C(C#N)=C/c1c(C)nn(Cc2ccc(C)cc2)c1Cl. The maximum Gasteiger partial charge on any atom is 0.348 e. The van der Waals surface area contributed by atoms with Crippen molar-refractivity contribution in [3.63, 3.8) is 0 Å². The van der Waals surface area contributed by atoms with E-state index < -0.39 is 5.97 Å². The third-order valence-corrected chi connectivity index (χ3v) is 4.11. The minimum atomic E-state index is -0.716. The molecule has 1 aromatic heterocycles.